The van der Waals surface area contributed by atoms with Crippen LogP contribution in [0.3, 0.4) is 0 Å². The Morgan fingerprint density at radius 2 is 2.25 bits per heavy atom. The molecule has 0 aromatic carbocycles. The average Bonchev–Trinajstić information content (AvgIpc) is 2.98. The summed E-state index contributed by atoms with van der Waals surface area (Å²) in [6.07, 6.45) is 2.45. The Kier molecular flexibility index (Phi) is 4.07. The first-order valence-electron chi connectivity index (χ1n) is 6.51. The number of carbonyl (C=O) groups excluding carboxylic acids is 1. The standard InChI is InChI=1S/C13H19N5O2/c1-4-10-5-16-12(20-10)6-15-11(19)7-18-9(3)13(14)8(2)17-18/h5H,4,6-7,14H2,1-3H3,(H,15,19). The third kappa shape index (κ3) is 2.98. The normalized spacial score (nSPS) is 10.8. The highest BCUT2D eigenvalue weighted by Gasteiger charge is 2.12. The van der Waals surface area contributed by atoms with Crippen molar-refractivity contribution in [3.63, 3.8) is 0 Å². The van der Waals surface area contributed by atoms with E-state index < -0.39 is 0 Å². The van der Waals surface area contributed by atoms with E-state index >= 15 is 0 Å². The molecule has 0 aliphatic rings. The molecule has 3 N–H and O–H groups in total. The number of anilines is 1. The molecule has 0 saturated heterocycles. The van der Waals surface area contributed by atoms with Gasteiger partial charge in [0.05, 0.1) is 29.8 Å². The van der Waals surface area contributed by atoms with Gasteiger partial charge in [-0.3, -0.25) is 9.48 Å². The highest BCUT2D eigenvalue weighted by atomic mass is 16.4. The van der Waals surface area contributed by atoms with Crippen LogP contribution < -0.4 is 11.1 Å². The van der Waals surface area contributed by atoms with Gasteiger partial charge < -0.3 is 15.5 Å². The number of rotatable bonds is 5. The molecule has 0 fully saturated rings. The Morgan fingerprint density at radius 3 is 2.80 bits per heavy atom. The lowest BCUT2D eigenvalue weighted by Gasteiger charge is -2.05. The van der Waals surface area contributed by atoms with Gasteiger partial charge in [-0.1, -0.05) is 6.92 Å². The van der Waals surface area contributed by atoms with E-state index in [1.165, 1.54) is 0 Å². The number of aromatic nitrogens is 3. The number of nitrogens with one attached hydrogen (secondary N) is 1. The molecule has 7 heteroatoms. The smallest absolute Gasteiger partial charge is 0.242 e. The molecular formula is C13H19N5O2. The van der Waals surface area contributed by atoms with E-state index in [4.69, 9.17) is 10.2 Å². The first kappa shape index (κ1) is 14.1. The van der Waals surface area contributed by atoms with Crippen LogP contribution in [0.1, 0.15) is 30.0 Å². The van der Waals surface area contributed by atoms with E-state index in [0.717, 1.165) is 23.6 Å². The molecule has 0 bridgehead atoms. The second-order valence-corrected chi connectivity index (χ2v) is 4.59. The Labute approximate surface area is 117 Å². The number of nitrogen functional groups attached to an aromatic ring is 1. The molecule has 0 unspecified atom stereocenters. The number of nitrogens with two attached hydrogens (primary N) is 1. The minimum Gasteiger partial charge on any atom is -0.444 e. The lowest BCUT2D eigenvalue weighted by molar-refractivity contribution is -0.122. The predicted molar refractivity (Wildman–Crippen MR) is 73.8 cm³/mol. The number of hydrogen-bond acceptors (Lipinski definition) is 5. The van der Waals surface area contributed by atoms with E-state index in [2.05, 4.69) is 15.4 Å². The lowest BCUT2D eigenvalue weighted by atomic mass is 10.3. The third-order valence-electron chi connectivity index (χ3n) is 3.12. The van der Waals surface area contributed by atoms with E-state index in [-0.39, 0.29) is 19.0 Å². The zero-order valence-corrected chi connectivity index (χ0v) is 11.9. The topological polar surface area (TPSA) is 99.0 Å². The largest absolute Gasteiger partial charge is 0.444 e. The molecule has 7 nitrogen and oxygen atoms in total. The first-order chi connectivity index (χ1) is 9.51. The van der Waals surface area contributed by atoms with E-state index in [9.17, 15) is 4.79 Å². The van der Waals surface area contributed by atoms with Crippen molar-refractivity contribution in [1.82, 2.24) is 20.1 Å². The van der Waals surface area contributed by atoms with Crippen LogP contribution in [-0.2, 0) is 24.3 Å². The summed E-state index contributed by atoms with van der Waals surface area (Å²) in [7, 11) is 0. The van der Waals surface area contributed by atoms with Crippen LogP contribution >= 0.6 is 0 Å². The average molecular weight is 277 g/mol. The number of hydrogen-bond donors (Lipinski definition) is 2. The predicted octanol–water partition coefficient (Wildman–Crippen LogP) is 0.949. The van der Waals surface area contributed by atoms with Crippen LogP contribution in [0.4, 0.5) is 5.69 Å². The van der Waals surface area contributed by atoms with Crippen molar-refractivity contribution in [1.29, 1.82) is 0 Å². The SMILES string of the molecule is CCc1cnc(CNC(=O)Cn2nc(C)c(N)c2C)o1. The summed E-state index contributed by atoms with van der Waals surface area (Å²) >= 11 is 0. The number of carbonyl (C=O) groups is 1. The van der Waals surface area contributed by atoms with Crippen molar-refractivity contribution >= 4 is 11.6 Å². The van der Waals surface area contributed by atoms with Crippen LogP contribution in [0.15, 0.2) is 10.6 Å². The summed E-state index contributed by atoms with van der Waals surface area (Å²) in [6.45, 7) is 6.04. The maximum atomic E-state index is 11.9. The quantitative estimate of drug-likeness (QED) is 0.847. The third-order valence-corrected chi connectivity index (χ3v) is 3.12. The number of amides is 1. The zero-order chi connectivity index (χ0) is 14.7. The Bertz CT molecular complexity index is 614. The Morgan fingerprint density at radius 1 is 1.50 bits per heavy atom. The van der Waals surface area contributed by atoms with Gasteiger partial charge in [0.15, 0.2) is 0 Å². The fourth-order valence-electron chi connectivity index (χ4n) is 1.82. The van der Waals surface area contributed by atoms with Gasteiger partial charge in [-0.2, -0.15) is 5.10 Å². The molecule has 0 saturated carbocycles. The first-order valence-corrected chi connectivity index (χ1v) is 6.51. The van der Waals surface area contributed by atoms with Gasteiger partial charge in [0.25, 0.3) is 0 Å². The van der Waals surface area contributed by atoms with Gasteiger partial charge in [-0.15, -0.1) is 0 Å². The molecule has 20 heavy (non-hydrogen) atoms. The maximum absolute atomic E-state index is 11.9. The molecule has 1 amide bonds. The second-order valence-electron chi connectivity index (χ2n) is 4.59. The molecule has 0 radical (unpaired) electrons. The van der Waals surface area contributed by atoms with Crippen LogP contribution in [-0.4, -0.2) is 20.7 Å². The summed E-state index contributed by atoms with van der Waals surface area (Å²) in [5.41, 5.74) is 7.97. The highest BCUT2D eigenvalue weighted by molar-refractivity contribution is 5.75. The van der Waals surface area contributed by atoms with Crippen molar-refractivity contribution in [2.45, 2.75) is 40.3 Å². The van der Waals surface area contributed by atoms with E-state index in [0.29, 0.717) is 11.6 Å². The number of oxazole rings is 1. The summed E-state index contributed by atoms with van der Waals surface area (Å²) < 4.78 is 7.00. The molecule has 2 aromatic heterocycles. The van der Waals surface area contributed by atoms with Crippen molar-refractivity contribution in [2.24, 2.45) is 0 Å². The maximum Gasteiger partial charge on any atom is 0.242 e. The molecule has 0 spiro atoms. The highest BCUT2D eigenvalue weighted by Crippen LogP contribution is 2.14. The molecule has 2 rings (SSSR count). The van der Waals surface area contributed by atoms with Crippen molar-refractivity contribution < 1.29 is 9.21 Å². The zero-order valence-electron chi connectivity index (χ0n) is 11.9. The summed E-state index contributed by atoms with van der Waals surface area (Å²) in [5.74, 6) is 1.15. The Hall–Kier alpha value is -2.31. The number of nitrogens with zero attached hydrogens (tertiary/aromatic N) is 3. The van der Waals surface area contributed by atoms with Gasteiger partial charge in [0, 0.05) is 6.42 Å². The van der Waals surface area contributed by atoms with Gasteiger partial charge in [-0.25, -0.2) is 4.98 Å². The van der Waals surface area contributed by atoms with E-state index in [1.807, 2.05) is 20.8 Å². The molecule has 108 valence electrons. The van der Waals surface area contributed by atoms with E-state index in [1.54, 1.807) is 10.9 Å². The van der Waals surface area contributed by atoms with Crippen LogP contribution in [0.25, 0.3) is 0 Å². The fourth-order valence-corrected chi connectivity index (χ4v) is 1.82. The number of aryl methyl sites for hydroxylation is 2. The monoisotopic (exact) mass is 277 g/mol. The van der Waals surface area contributed by atoms with Crippen molar-refractivity contribution in [2.75, 3.05) is 5.73 Å². The second kappa shape index (κ2) is 5.77. The van der Waals surface area contributed by atoms with Crippen LogP contribution in [0.2, 0.25) is 0 Å². The van der Waals surface area contributed by atoms with Crippen LogP contribution in [0, 0.1) is 13.8 Å². The summed E-state index contributed by atoms with van der Waals surface area (Å²) in [5, 5.41) is 6.96. The van der Waals surface area contributed by atoms with Gasteiger partial charge in [0.2, 0.25) is 11.8 Å². The molecular weight excluding hydrogens is 258 g/mol. The molecule has 0 aliphatic carbocycles. The summed E-state index contributed by atoms with van der Waals surface area (Å²) in [4.78, 5) is 15.9. The minimum absolute atomic E-state index is 0.130. The molecule has 0 aliphatic heterocycles. The molecule has 0 atom stereocenters. The Balaban J connectivity index is 1.90. The van der Waals surface area contributed by atoms with Crippen LogP contribution in [0.5, 0.6) is 0 Å². The van der Waals surface area contributed by atoms with Gasteiger partial charge in [0.1, 0.15) is 12.3 Å². The van der Waals surface area contributed by atoms with Crippen molar-refractivity contribution in [3.05, 3.63) is 29.2 Å². The molecule has 2 aromatic rings. The van der Waals surface area contributed by atoms with Gasteiger partial charge >= 0.3 is 0 Å². The lowest BCUT2D eigenvalue weighted by Crippen LogP contribution is -2.28. The van der Waals surface area contributed by atoms with Gasteiger partial charge in [-0.05, 0) is 13.8 Å². The summed E-state index contributed by atoms with van der Waals surface area (Å²) in [6, 6.07) is 0. The fraction of sp³-hybridized carbons (Fsp3) is 0.462. The minimum atomic E-state index is -0.160. The van der Waals surface area contributed by atoms with Crippen molar-refractivity contribution in [3.8, 4) is 0 Å². The molecule has 2 heterocycles.